The minimum atomic E-state index is -4.54. The first-order valence-corrected chi connectivity index (χ1v) is 7.05. The predicted molar refractivity (Wildman–Crippen MR) is 67.1 cm³/mol. The standard InChI is InChI=1S/C12H9F3N2O3S/c13-12(14,15)8-3-1-4-9(7-8)20-11-10(21(16,18)19)5-2-6-17-11/h1-7H,(H2,16,18,19). The lowest BCUT2D eigenvalue weighted by Crippen LogP contribution is -2.13. The van der Waals surface area contributed by atoms with Crippen LogP contribution >= 0.6 is 0 Å². The fraction of sp³-hybridized carbons (Fsp3) is 0.0833. The molecule has 5 nitrogen and oxygen atoms in total. The number of ether oxygens (including phenoxy) is 1. The van der Waals surface area contributed by atoms with Crippen molar-refractivity contribution in [2.24, 2.45) is 5.14 Å². The van der Waals surface area contributed by atoms with E-state index >= 15 is 0 Å². The van der Waals surface area contributed by atoms with E-state index in [0.29, 0.717) is 0 Å². The first kappa shape index (κ1) is 15.3. The fourth-order valence-corrected chi connectivity index (χ4v) is 2.12. The lowest BCUT2D eigenvalue weighted by molar-refractivity contribution is -0.137. The zero-order valence-electron chi connectivity index (χ0n) is 10.3. The van der Waals surface area contributed by atoms with E-state index in [1.807, 2.05) is 0 Å². The van der Waals surface area contributed by atoms with Gasteiger partial charge in [0.2, 0.25) is 15.9 Å². The molecule has 0 saturated carbocycles. The van der Waals surface area contributed by atoms with Crippen LogP contribution in [0.4, 0.5) is 13.2 Å². The second-order valence-corrected chi connectivity index (χ2v) is 5.51. The van der Waals surface area contributed by atoms with E-state index in [9.17, 15) is 21.6 Å². The maximum atomic E-state index is 12.6. The number of nitrogens with zero attached hydrogens (tertiary/aromatic N) is 1. The normalized spacial score (nSPS) is 12.2. The van der Waals surface area contributed by atoms with Crippen molar-refractivity contribution >= 4 is 10.0 Å². The Hall–Kier alpha value is -2.13. The van der Waals surface area contributed by atoms with Gasteiger partial charge in [0.1, 0.15) is 10.6 Å². The Kier molecular flexibility index (Phi) is 3.88. The molecule has 9 heteroatoms. The summed E-state index contributed by atoms with van der Waals surface area (Å²) in [6.45, 7) is 0. The van der Waals surface area contributed by atoms with Crippen LogP contribution in [0.5, 0.6) is 11.6 Å². The molecular formula is C12H9F3N2O3S. The van der Waals surface area contributed by atoms with Crippen LogP contribution in [-0.4, -0.2) is 13.4 Å². The Morgan fingerprint density at radius 1 is 1.14 bits per heavy atom. The summed E-state index contributed by atoms with van der Waals surface area (Å²) in [5.74, 6) is -0.590. The molecule has 2 aromatic rings. The summed E-state index contributed by atoms with van der Waals surface area (Å²) in [6, 6.07) is 6.45. The number of halogens is 3. The average molecular weight is 318 g/mol. The molecule has 0 fully saturated rings. The Morgan fingerprint density at radius 3 is 2.48 bits per heavy atom. The van der Waals surface area contributed by atoms with Gasteiger partial charge < -0.3 is 4.74 Å². The molecule has 0 radical (unpaired) electrons. The van der Waals surface area contributed by atoms with Crippen LogP contribution in [0, 0.1) is 0 Å². The SMILES string of the molecule is NS(=O)(=O)c1cccnc1Oc1cccc(C(F)(F)F)c1. The van der Waals surface area contributed by atoms with E-state index in [-0.39, 0.29) is 11.6 Å². The summed E-state index contributed by atoms with van der Waals surface area (Å²) in [6.07, 6.45) is -3.30. The van der Waals surface area contributed by atoms with Gasteiger partial charge in [0.05, 0.1) is 5.56 Å². The number of pyridine rings is 1. The van der Waals surface area contributed by atoms with Gasteiger partial charge in [0.25, 0.3) is 0 Å². The molecule has 21 heavy (non-hydrogen) atoms. The second-order valence-electron chi connectivity index (χ2n) is 3.98. The van der Waals surface area contributed by atoms with Gasteiger partial charge in [-0.1, -0.05) is 6.07 Å². The third-order valence-corrected chi connectivity index (χ3v) is 3.34. The zero-order chi connectivity index (χ0) is 15.7. The van der Waals surface area contributed by atoms with E-state index in [4.69, 9.17) is 9.88 Å². The summed E-state index contributed by atoms with van der Waals surface area (Å²) in [7, 11) is -4.10. The van der Waals surface area contributed by atoms with Crippen molar-refractivity contribution in [3.63, 3.8) is 0 Å². The highest BCUT2D eigenvalue weighted by Crippen LogP contribution is 2.33. The van der Waals surface area contributed by atoms with Crippen LogP contribution in [0.3, 0.4) is 0 Å². The summed E-state index contributed by atoms with van der Waals surface area (Å²) in [5, 5.41) is 4.98. The number of alkyl halides is 3. The first-order chi connectivity index (χ1) is 9.68. The summed E-state index contributed by atoms with van der Waals surface area (Å²) >= 11 is 0. The predicted octanol–water partition coefficient (Wildman–Crippen LogP) is 2.54. The minimum absolute atomic E-state index is 0.201. The Balaban J connectivity index is 2.40. The van der Waals surface area contributed by atoms with Crippen molar-refractivity contribution in [3.05, 3.63) is 48.2 Å². The third-order valence-electron chi connectivity index (χ3n) is 2.42. The molecule has 1 heterocycles. The van der Waals surface area contributed by atoms with Gasteiger partial charge >= 0.3 is 6.18 Å². The van der Waals surface area contributed by atoms with Crippen molar-refractivity contribution in [2.45, 2.75) is 11.1 Å². The molecular weight excluding hydrogens is 309 g/mol. The highest BCUT2D eigenvalue weighted by atomic mass is 32.2. The number of hydrogen-bond donors (Lipinski definition) is 1. The maximum Gasteiger partial charge on any atom is 0.416 e. The lowest BCUT2D eigenvalue weighted by Gasteiger charge is -2.11. The van der Waals surface area contributed by atoms with Gasteiger partial charge in [-0.3, -0.25) is 0 Å². The molecule has 0 spiro atoms. The molecule has 0 aliphatic rings. The van der Waals surface area contributed by atoms with Crippen LogP contribution in [-0.2, 0) is 16.2 Å². The molecule has 2 rings (SSSR count). The van der Waals surface area contributed by atoms with Gasteiger partial charge in [-0.2, -0.15) is 13.2 Å². The minimum Gasteiger partial charge on any atom is -0.438 e. The van der Waals surface area contributed by atoms with Crippen LogP contribution in [0.2, 0.25) is 0 Å². The Morgan fingerprint density at radius 2 is 1.86 bits per heavy atom. The largest absolute Gasteiger partial charge is 0.438 e. The number of nitrogens with two attached hydrogens (primary N) is 1. The second kappa shape index (κ2) is 5.34. The number of hydrogen-bond acceptors (Lipinski definition) is 4. The van der Waals surface area contributed by atoms with Crippen molar-refractivity contribution in [2.75, 3.05) is 0 Å². The summed E-state index contributed by atoms with van der Waals surface area (Å²) in [4.78, 5) is 3.26. The quantitative estimate of drug-likeness (QED) is 0.943. The Bertz CT molecular complexity index is 760. The van der Waals surface area contributed by atoms with E-state index in [0.717, 1.165) is 24.3 Å². The molecule has 1 aromatic carbocycles. The van der Waals surface area contributed by atoms with Crippen LogP contribution in [0.1, 0.15) is 5.56 Å². The molecule has 112 valence electrons. The molecule has 0 aliphatic heterocycles. The number of aromatic nitrogens is 1. The lowest BCUT2D eigenvalue weighted by atomic mass is 10.2. The van der Waals surface area contributed by atoms with Crippen molar-refractivity contribution in [3.8, 4) is 11.6 Å². The molecule has 2 N–H and O–H groups in total. The molecule has 1 aromatic heterocycles. The molecule has 0 atom stereocenters. The number of primary sulfonamides is 1. The summed E-state index contributed by atoms with van der Waals surface area (Å²) < 4.78 is 65.6. The molecule has 0 saturated heterocycles. The van der Waals surface area contributed by atoms with Crippen LogP contribution in [0.25, 0.3) is 0 Å². The zero-order valence-corrected chi connectivity index (χ0v) is 11.1. The smallest absolute Gasteiger partial charge is 0.416 e. The van der Waals surface area contributed by atoms with E-state index in [1.165, 1.54) is 18.3 Å². The van der Waals surface area contributed by atoms with E-state index in [1.54, 1.807) is 0 Å². The number of benzene rings is 1. The third kappa shape index (κ3) is 3.70. The van der Waals surface area contributed by atoms with E-state index < -0.39 is 26.7 Å². The van der Waals surface area contributed by atoms with Crippen LogP contribution < -0.4 is 9.88 Å². The average Bonchev–Trinajstić information content (AvgIpc) is 2.37. The van der Waals surface area contributed by atoms with Crippen molar-refractivity contribution < 1.29 is 26.3 Å². The van der Waals surface area contributed by atoms with Gasteiger partial charge in [-0.05, 0) is 30.3 Å². The van der Waals surface area contributed by atoms with Crippen LogP contribution in [0.15, 0.2) is 47.5 Å². The van der Waals surface area contributed by atoms with Crippen molar-refractivity contribution in [1.29, 1.82) is 0 Å². The molecule has 0 bridgehead atoms. The van der Waals surface area contributed by atoms with Crippen molar-refractivity contribution in [1.82, 2.24) is 4.98 Å². The fourth-order valence-electron chi connectivity index (χ4n) is 1.52. The molecule has 0 aliphatic carbocycles. The Labute approximate surface area is 118 Å². The van der Waals surface area contributed by atoms with E-state index in [2.05, 4.69) is 4.98 Å². The summed E-state index contributed by atoms with van der Waals surface area (Å²) in [5.41, 5.74) is -0.923. The maximum absolute atomic E-state index is 12.6. The highest BCUT2D eigenvalue weighted by molar-refractivity contribution is 7.89. The van der Waals surface area contributed by atoms with Gasteiger partial charge in [-0.15, -0.1) is 0 Å². The number of rotatable bonds is 3. The van der Waals surface area contributed by atoms with Gasteiger partial charge in [0.15, 0.2) is 0 Å². The topological polar surface area (TPSA) is 82.3 Å². The number of sulfonamides is 1. The highest BCUT2D eigenvalue weighted by Gasteiger charge is 2.30. The first-order valence-electron chi connectivity index (χ1n) is 5.51. The molecule has 0 unspecified atom stereocenters. The monoisotopic (exact) mass is 318 g/mol. The van der Waals surface area contributed by atoms with Gasteiger partial charge in [0, 0.05) is 6.20 Å². The molecule has 0 amide bonds. The van der Waals surface area contributed by atoms with Gasteiger partial charge in [-0.25, -0.2) is 18.5 Å².